The molecular weight excluding hydrogens is 280 g/mol. The lowest BCUT2D eigenvalue weighted by atomic mass is 10.1. The minimum atomic E-state index is -0.189. The summed E-state index contributed by atoms with van der Waals surface area (Å²) in [6.07, 6.45) is 5.53. The molecule has 2 aromatic heterocycles. The van der Waals surface area contributed by atoms with Gasteiger partial charge in [-0.2, -0.15) is 5.10 Å². The van der Waals surface area contributed by atoms with Crippen LogP contribution in [0.3, 0.4) is 0 Å². The highest BCUT2D eigenvalue weighted by atomic mass is 16.4. The largest absolute Gasteiger partial charge is 0.455 e. The van der Waals surface area contributed by atoms with Crippen LogP contribution in [-0.4, -0.2) is 33.7 Å². The molecule has 0 unspecified atom stereocenters. The summed E-state index contributed by atoms with van der Waals surface area (Å²) in [7, 11) is 1.85. The number of carbonyl (C=O) groups is 1. The van der Waals surface area contributed by atoms with Crippen LogP contribution >= 0.6 is 0 Å². The van der Waals surface area contributed by atoms with E-state index in [0.717, 1.165) is 31.1 Å². The van der Waals surface area contributed by atoms with Gasteiger partial charge in [-0.25, -0.2) is 0 Å². The molecule has 3 heterocycles. The lowest BCUT2D eigenvalue weighted by Crippen LogP contribution is -2.28. The topological polar surface area (TPSA) is 63.3 Å². The van der Waals surface area contributed by atoms with E-state index in [1.807, 2.05) is 19.2 Å². The Labute approximate surface area is 130 Å². The molecule has 118 valence electrons. The van der Waals surface area contributed by atoms with Crippen LogP contribution in [0.15, 0.2) is 28.8 Å². The molecule has 0 radical (unpaired) electrons. The highest BCUT2D eigenvalue weighted by Crippen LogP contribution is 2.15. The molecule has 1 aliphatic rings. The normalized spacial score (nSPS) is 15.9. The number of furan rings is 1. The Morgan fingerprint density at radius 1 is 1.27 bits per heavy atom. The first-order valence-electron chi connectivity index (χ1n) is 7.78. The van der Waals surface area contributed by atoms with Crippen LogP contribution in [0.1, 0.15) is 41.3 Å². The summed E-state index contributed by atoms with van der Waals surface area (Å²) in [5, 5.41) is 6.92. The molecule has 1 saturated heterocycles. The number of nitrogens with one attached hydrogen (secondary N) is 1. The van der Waals surface area contributed by atoms with Crippen LogP contribution in [0, 0.1) is 0 Å². The third-order valence-corrected chi connectivity index (χ3v) is 4.07. The smallest absolute Gasteiger partial charge is 0.287 e. The minimum Gasteiger partial charge on any atom is -0.455 e. The number of aromatic nitrogens is 2. The van der Waals surface area contributed by atoms with E-state index in [0.29, 0.717) is 12.3 Å². The van der Waals surface area contributed by atoms with Gasteiger partial charge in [0.25, 0.3) is 5.91 Å². The quantitative estimate of drug-likeness (QED) is 0.916. The Morgan fingerprint density at radius 2 is 2.09 bits per heavy atom. The zero-order valence-electron chi connectivity index (χ0n) is 12.9. The standard InChI is InChI=1S/C16H22N4O2/c1-19-13(7-8-18-19)11-17-16(21)15-6-5-14(22-15)12-20-9-3-2-4-10-20/h5-8H,2-4,9-12H2,1H3,(H,17,21). The molecule has 6 nitrogen and oxygen atoms in total. The van der Waals surface area contributed by atoms with Crippen molar-refractivity contribution in [2.75, 3.05) is 13.1 Å². The minimum absolute atomic E-state index is 0.189. The first-order chi connectivity index (χ1) is 10.7. The fourth-order valence-electron chi connectivity index (χ4n) is 2.76. The van der Waals surface area contributed by atoms with Crippen molar-refractivity contribution in [3.05, 3.63) is 41.6 Å². The molecule has 0 saturated carbocycles. The number of nitrogens with zero attached hydrogens (tertiary/aromatic N) is 3. The monoisotopic (exact) mass is 302 g/mol. The summed E-state index contributed by atoms with van der Waals surface area (Å²) in [5.74, 6) is 1.04. The van der Waals surface area contributed by atoms with Crippen molar-refractivity contribution >= 4 is 5.91 Å². The van der Waals surface area contributed by atoms with Crippen molar-refractivity contribution in [2.45, 2.75) is 32.4 Å². The van der Waals surface area contributed by atoms with Gasteiger partial charge in [0.1, 0.15) is 5.76 Å². The summed E-state index contributed by atoms with van der Waals surface area (Å²) in [6, 6.07) is 5.52. The zero-order valence-corrected chi connectivity index (χ0v) is 12.9. The average molecular weight is 302 g/mol. The van der Waals surface area contributed by atoms with E-state index in [1.165, 1.54) is 19.3 Å². The Kier molecular flexibility index (Phi) is 4.58. The number of hydrogen-bond donors (Lipinski definition) is 1. The van der Waals surface area contributed by atoms with Crippen LogP contribution < -0.4 is 5.32 Å². The van der Waals surface area contributed by atoms with Gasteiger partial charge >= 0.3 is 0 Å². The van der Waals surface area contributed by atoms with Gasteiger partial charge in [-0.3, -0.25) is 14.4 Å². The highest BCUT2D eigenvalue weighted by Gasteiger charge is 2.15. The van der Waals surface area contributed by atoms with Gasteiger partial charge in [0, 0.05) is 13.2 Å². The van der Waals surface area contributed by atoms with Gasteiger partial charge < -0.3 is 9.73 Å². The number of hydrogen-bond acceptors (Lipinski definition) is 4. The molecule has 3 rings (SSSR count). The van der Waals surface area contributed by atoms with Crippen molar-refractivity contribution in [3.8, 4) is 0 Å². The Bertz CT molecular complexity index is 626. The van der Waals surface area contributed by atoms with Gasteiger partial charge in [-0.1, -0.05) is 6.42 Å². The second kappa shape index (κ2) is 6.79. The molecule has 0 spiro atoms. The van der Waals surface area contributed by atoms with Crippen LogP contribution in [-0.2, 0) is 20.1 Å². The molecule has 6 heteroatoms. The summed E-state index contributed by atoms with van der Waals surface area (Å²) in [4.78, 5) is 14.5. The predicted molar refractivity (Wildman–Crippen MR) is 82.2 cm³/mol. The van der Waals surface area contributed by atoms with Crippen molar-refractivity contribution in [2.24, 2.45) is 7.05 Å². The molecule has 0 atom stereocenters. The summed E-state index contributed by atoms with van der Waals surface area (Å²) >= 11 is 0. The number of amides is 1. The van der Waals surface area contributed by atoms with Crippen LogP contribution in [0.4, 0.5) is 0 Å². The van der Waals surface area contributed by atoms with Crippen molar-refractivity contribution in [1.29, 1.82) is 0 Å². The van der Waals surface area contributed by atoms with Crippen molar-refractivity contribution < 1.29 is 9.21 Å². The maximum absolute atomic E-state index is 12.1. The van der Waals surface area contributed by atoms with Gasteiger partial charge in [0.2, 0.25) is 0 Å². The molecule has 2 aromatic rings. The van der Waals surface area contributed by atoms with Gasteiger partial charge in [0.15, 0.2) is 5.76 Å². The van der Waals surface area contributed by atoms with E-state index in [1.54, 1.807) is 16.9 Å². The van der Waals surface area contributed by atoms with E-state index < -0.39 is 0 Å². The molecule has 1 N–H and O–H groups in total. The third kappa shape index (κ3) is 3.57. The number of rotatable bonds is 5. The Hall–Kier alpha value is -2.08. The second-order valence-electron chi connectivity index (χ2n) is 5.73. The van der Waals surface area contributed by atoms with E-state index in [2.05, 4.69) is 15.3 Å². The number of likely N-dealkylation sites (tertiary alicyclic amines) is 1. The van der Waals surface area contributed by atoms with Crippen molar-refractivity contribution in [3.63, 3.8) is 0 Å². The van der Waals surface area contributed by atoms with Crippen LogP contribution in [0.5, 0.6) is 0 Å². The first-order valence-corrected chi connectivity index (χ1v) is 7.78. The lowest BCUT2D eigenvalue weighted by Gasteiger charge is -2.25. The van der Waals surface area contributed by atoms with E-state index in [4.69, 9.17) is 4.42 Å². The number of carbonyl (C=O) groups excluding carboxylic acids is 1. The van der Waals surface area contributed by atoms with E-state index in [-0.39, 0.29) is 5.91 Å². The first kappa shape index (κ1) is 14.8. The summed E-state index contributed by atoms with van der Waals surface area (Å²) < 4.78 is 7.41. The predicted octanol–water partition coefficient (Wildman–Crippen LogP) is 1.93. The zero-order chi connectivity index (χ0) is 15.4. The van der Waals surface area contributed by atoms with Crippen molar-refractivity contribution in [1.82, 2.24) is 20.0 Å². The molecule has 1 aliphatic heterocycles. The lowest BCUT2D eigenvalue weighted by molar-refractivity contribution is 0.0917. The average Bonchev–Trinajstić information content (AvgIpc) is 3.15. The molecule has 22 heavy (non-hydrogen) atoms. The molecular formula is C16H22N4O2. The van der Waals surface area contributed by atoms with E-state index >= 15 is 0 Å². The second-order valence-corrected chi connectivity index (χ2v) is 5.73. The van der Waals surface area contributed by atoms with Crippen LogP contribution in [0.25, 0.3) is 0 Å². The molecule has 1 fully saturated rings. The number of piperidine rings is 1. The maximum atomic E-state index is 12.1. The number of aryl methyl sites for hydroxylation is 1. The SMILES string of the molecule is Cn1nccc1CNC(=O)c1ccc(CN2CCCCC2)o1. The van der Waals surface area contributed by atoms with Crippen LogP contribution in [0.2, 0.25) is 0 Å². The van der Waals surface area contributed by atoms with Gasteiger partial charge in [-0.15, -0.1) is 0 Å². The fraction of sp³-hybridized carbons (Fsp3) is 0.500. The van der Waals surface area contributed by atoms with E-state index in [9.17, 15) is 4.79 Å². The maximum Gasteiger partial charge on any atom is 0.287 e. The highest BCUT2D eigenvalue weighted by molar-refractivity contribution is 5.91. The van der Waals surface area contributed by atoms with Gasteiger partial charge in [-0.05, 0) is 44.1 Å². The molecule has 0 bridgehead atoms. The Morgan fingerprint density at radius 3 is 2.82 bits per heavy atom. The molecule has 0 aliphatic carbocycles. The molecule has 1 amide bonds. The fourth-order valence-corrected chi connectivity index (χ4v) is 2.76. The summed E-state index contributed by atoms with van der Waals surface area (Å²) in [5.41, 5.74) is 0.952. The van der Waals surface area contributed by atoms with Gasteiger partial charge in [0.05, 0.1) is 18.8 Å². The third-order valence-electron chi connectivity index (χ3n) is 4.07. The molecule has 0 aromatic carbocycles. The summed E-state index contributed by atoms with van der Waals surface area (Å²) in [6.45, 7) is 3.46. The Balaban J connectivity index is 1.53.